The molecule has 0 aromatic carbocycles. The van der Waals surface area contributed by atoms with E-state index in [0.717, 1.165) is 0 Å². The fraction of sp³-hybridized carbons (Fsp3) is 1.00. The van der Waals surface area contributed by atoms with Crippen LogP contribution in [-0.4, -0.2) is 12.3 Å². The minimum atomic E-state index is 1.17. The van der Waals surface area contributed by atoms with E-state index in [2.05, 4.69) is 18.6 Å². The molecule has 0 amide bonds. The summed E-state index contributed by atoms with van der Waals surface area (Å²) in [7, 11) is 0. The van der Waals surface area contributed by atoms with Crippen LogP contribution in [0.15, 0.2) is 0 Å². The molecule has 0 aromatic heterocycles. The van der Waals surface area contributed by atoms with Crippen LogP contribution in [0, 0.1) is 0 Å². The Kier molecular flexibility index (Phi) is 8.60. The highest BCUT2D eigenvalue weighted by atomic mass is 32.2. The molecule has 1 N–H and O–H groups in total. The van der Waals surface area contributed by atoms with Crippen LogP contribution in [0.5, 0.6) is 0 Å². The van der Waals surface area contributed by atoms with Gasteiger partial charge in [0.05, 0.1) is 0 Å². The fourth-order valence-corrected chi connectivity index (χ4v) is 1.13. The maximum absolute atomic E-state index is 3.30. The zero-order valence-corrected chi connectivity index (χ0v) is 7.26. The van der Waals surface area contributed by atoms with Crippen LogP contribution >= 0.6 is 11.9 Å². The van der Waals surface area contributed by atoms with Gasteiger partial charge in [0.25, 0.3) is 0 Å². The molecule has 2 heteroatoms. The third kappa shape index (κ3) is 8.31. The molecular weight excluding hydrogens is 130 g/mol. The molecule has 0 heterocycles. The zero-order valence-electron chi connectivity index (χ0n) is 6.44. The lowest BCUT2D eigenvalue weighted by molar-refractivity contribution is 0.776. The molecule has 0 aliphatic rings. The highest BCUT2D eigenvalue weighted by Crippen LogP contribution is 1.95. The van der Waals surface area contributed by atoms with Gasteiger partial charge in [0.15, 0.2) is 0 Å². The molecule has 0 saturated heterocycles. The van der Waals surface area contributed by atoms with Crippen molar-refractivity contribution < 1.29 is 0 Å². The number of hydrogen-bond donors (Lipinski definition) is 1. The van der Waals surface area contributed by atoms with E-state index < -0.39 is 0 Å². The molecule has 0 aromatic rings. The lowest BCUT2D eigenvalue weighted by Gasteiger charge is -1.99. The second kappa shape index (κ2) is 8.31. The zero-order chi connectivity index (χ0) is 6.95. The third-order valence-corrected chi connectivity index (χ3v) is 2.06. The Balaban J connectivity index is 2.60. The molecule has 0 aliphatic heterocycles. The number of unbranched alkanes of at least 4 members (excludes halogenated alkanes) is 1. The van der Waals surface area contributed by atoms with E-state index in [0.29, 0.717) is 0 Å². The van der Waals surface area contributed by atoms with Gasteiger partial charge in [-0.05, 0) is 12.8 Å². The Hall–Kier alpha value is 0.310. The SMILES string of the molecule is CCCCNSCCC. The smallest absolute Gasteiger partial charge is 0.00760 e. The van der Waals surface area contributed by atoms with E-state index >= 15 is 0 Å². The molecule has 0 aliphatic carbocycles. The molecule has 0 unspecified atom stereocenters. The first-order valence-electron chi connectivity index (χ1n) is 3.76. The number of rotatable bonds is 6. The van der Waals surface area contributed by atoms with Gasteiger partial charge in [0.1, 0.15) is 0 Å². The first-order valence-corrected chi connectivity index (χ1v) is 4.75. The van der Waals surface area contributed by atoms with Crippen molar-refractivity contribution >= 4 is 11.9 Å². The average Bonchev–Trinajstić information content (AvgIpc) is 1.89. The molecule has 1 nitrogen and oxygen atoms in total. The quantitative estimate of drug-likeness (QED) is 0.457. The summed E-state index contributed by atoms with van der Waals surface area (Å²) < 4.78 is 3.30. The summed E-state index contributed by atoms with van der Waals surface area (Å²) in [6.07, 6.45) is 3.86. The minimum absolute atomic E-state index is 1.17. The van der Waals surface area contributed by atoms with Crippen LogP contribution in [-0.2, 0) is 0 Å². The molecule has 0 bridgehead atoms. The second-order valence-electron chi connectivity index (χ2n) is 2.10. The molecule has 56 valence electrons. The number of hydrogen-bond acceptors (Lipinski definition) is 2. The predicted octanol–water partition coefficient (Wildman–Crippen LogP) is 2.43. The van der Waals surface area contributed by atoms with E-state index in [1.807, 2.05) is 11.9 Å². The van der Waals surface area contributed by atoms with Crippen molar-refractivity contribution in [2.75, 3.05) is 12.3 Å². The lowest BCUT2D eigenvalue weighted by atomic mass is 10.3. The molecule has 0 atom stereocenters. The third-order valence-electron chi connectivity index (χ3n) is 1.04. The maximum atomic E-state index is 3.30. The molecule has 9 heavy (non-hydrogen) atoms. The molecule has 0 spiro atoms. The normalized spacial score (nSPS) is 10.0. The second-order valence-corrected chi connectivity index (χ2v) is 3.08. The van der Waals surface area contributed by atoms with Crippen molar-refractivity contribution in [1.29, 1.82) is 0 Å². The maximum Gasteiger partial charge on any atom is 0.00760 e. The molecule has 0 saturated carbocycles. The van der Waals surface area contributed by atoms with Gasteiger partial charge >= 0.3 is 0 Å². The molecule has 0 fully saturated rings. The molecular formula is C7H17NS. The fourth-order valence-electron chi connectivity index (χ4n) is 0.495. The van der Waals surface area contributed by atoms with Crippen LogP contribution in [0.25, 0.3) is 0 Å². The Morgan fingerprint density at radius 2 is 2.00 bits per heavy atom. The summed E-state index contributed by atoms with van der Waals surface area (Å²) in [6.45, 7) is 5.59. The average molecular weight is 147 g/mol. The van der Waals surface area contributed by atoms with Gasteiger partial charge in [-0.3, -0.25) is 4.72 Å². The van der Waals surface area contributed by atoms with Crippen LogP contribution in [0.1, 0.15) is 33.1 Å². The Morgan fingerprint density at radius 3 is 2.56 bits per heavy atom. The van der Waals surface area contributed by atoms with Gasteiger partial charge in [-0.2, -0.15) is 0 Å². The van der Waals surface area contributed by atoms with Crippen LogP contribution in [0.4, 0.5) is 0 Å². The summed E-state index contributed by atoms with van der Waals surface area (Å²) in [5.74, 6) is 1.24. The molecule has 0 radical (unpaired) electrons. The van der Waals surface area contributed by atoms with Gasteiger partial charge in [-0.1, -0.05) is 32.2 Å². The van der Waals surface area contributed by atoms with Gasteiger partial charge < -0.3 is 0 Å². The Morgan fingerprint density at radius 1 is 1.22 bits per heavy atom. The minimum Gasteiger partial charge on any atom is -0.264 e. The van der Waals surface area contributed by atoms with E-state index in [9.17, 15) is 0 Å². The van der Waals surface area contributed by atoms with Gasteiger partial charge in [0.2, 0.25) is 0 Å². The predicted molar refractivity (Wildman–Crippen MR) is 45.7 cm³/mol. The topological polar surface area (TPSA) is 12.0 Å². The monoisotopic (exact) mass is 147 g/mol. The summed E-state index contributed by atoms with van der Waals surface area (Å²) in [4.78, 5) is 0. The van der Waals surface area contributed by atoms with Crippen LogP contribution in [0.3, 0.4) is 0 Å². The van der Waals surface area contributed by atoms with Gasteiger partial charge in [-0.15, -0.1) is 0 Å². The van der Waals surface area contributed by atoms with E-state index in [1.54, 1.807) is 0 Å². The van der Waals surface area contributed by atoms with Crippen molar-refractivity contribution in [3.05, 3.63) is 0 Å². The van der Waals surface area contributed by atoms with Crippen molar-refractivity contribution in [3.8, 4) is 0 Å². The summed E-state index contributed by atoms with van der Waals surface area (Å²) in [5.41, 5.74) is 0. The highest BCUT2D eigenvalue weighted by Gasteiger charge is 1.83. The first kappa shape index (κ1) is 9.31. The van der Waals surface area contributed by atoms with Crippen LogP contribution in [0.2, 0.25) is 0 Å². The summed E-state index contributed by atoms with van der Waals surface area (Å²) >= 11 is 1.84. The number of nitrogens with one attached hydrogen (secondary N) is 1. The Bertz CT molecular complexity index is 42.2. The van der Waals surface area contributed by atoms with Gasteiger partial charge in [-0.25, -0.2) is 0 Å². The highest BCUT2D eigenvalue weighted by molar-refractivity contribution is 7.97. The Labute approximate surface area is 62.7 Å². The van der Waals surface area contributed by atoms with Crippen molar-refractivity contribution in [1.82, 2.24) is 4.72 Å². The van der Waals surface area contributed by atoms with Crippen molar-refractivity contribution in [2.24, 2.45) is 0 Å². The van der Waals surface area contributed by atoms with E-state index in [4.69, 9.17) is 0 Å². The van der Waals surface area contributed by atoms with Crippen LogP contribution < -0.4 is 4.72 Å². The molecule has 0 rings (SSSR count). The van der Waals surface area contributed by atoms with E-state index in [-0.39, 0.29) is 0 Å². The van der Waals surface area contributed by atoms with E-state index in [1.165, 1.54) is 31.6 Å². The largest absolute Gasteiger partial charge is 0.264 e. The lowest BCUT2D eigenvalue weighted by Crippen LogP contribution is -2.05. The summed E-state index contributed by atoms with van der Waals surface area (Å²) in [5, 5.41) is 0. The first-order chi connectivity index (χ1) is 4.41. The van der Waals surface area contributed by atoms with Crippen molar-refractivity contribution in [3.63, 3.8) is 0 Å². The van der Waals surface area contributed by atoms with Gasteiger partial charge in [0, 0.05) is 12.3 Å². The standard InChI is InChI=1S/C7H17NS/c1-3-5-6-8-9-7-4-2/h8H,3-7H2,1-2H3. The summed E-state index contributed by atoms with van der Waals surface area (Å²) in [6, 6.07) is 0. The van der Waals surface area contributed by atoms with Crippen molar-refractivity contribution in [2.45, 2.75) is 33.1 Å².